The molecule has 1 aliphatic carbocycles. The number of rotatable bonds is 5. The first-order chi connectivity index (χ1) is 9.76. The van der Waals surface area contributed by atoms with E-state index in [0.29, 0.717) is 17.9 Å². The van der Waals surface area contributed by atoms with Gasteiger partial charge in [-0.25, -0.2) is 4.79 Å². The van der Waals surface area contributed by atoms with Crippen LogP contribution >= 0.6 is 11.5 Å². The number of carbonyl (C=O) groups excluding carboxylic acids is 1. The van der Waals surface area contributed by atoms with Gasteiger partial charge in [0, 0.05) is 23.8 Å². The number of aryl methyl sites for hydroxylation is 1. The van der Waals surface area contributed by atoms with E-state index in [4.69, 9.17) is 4.74 Å². The molecule has 116 valence electrons. The van der Waals surface area contributed by atoms with Crippen molar-refractivity contribution in [2.24, 2.45) is 5.41 Å². The fraction of sp³-hybridized carbons (Fsp3) is 0.643. The largest absolute Gasteiger partial charge is 0.479 e. The van der Waals surface area contributed by atoms with Crippen molar-refractivity contribution in [1.29, 1.82) is 0 Å². The molecular formula is C14H20N2O4S. The van der Waals surface area contributed by atoms with Gasteiger partial charge in [0.1, 0.15) is 5.54 Å². The van der Waals surface area contributed by atoms with Crippen LogP contribution in [-0.4, -0.2) is 39.6 Å². The number of carboxylic acids is 1. The summed E-state index contributed by atoms with van der Waals surface area (Å²) in [5.74, 6) is -1.43. The Labute approximate surface area is 127 Å². The number of nitrogens with one attached hydrogen (secondary N) is 1. The minimum atomic E-state index is -1.31. The first-order valence-corrected chi connectivity index (χ1v) is 7.68. The van der Waals surface area contributed by atoms with Crippen LogP contribution in [0.5, 0.6) is 0 Å². The molecule has 0 aromatic carbocycles. The summed E-state index contributed by atoms with van der Waals surface area (Å²) >= 11 is 1.18. The predicted molar refractivity (Wildman–Crippen MR) is 78.5 cm³/mol. The molecule has 7 heteroatoms. The maximum Gasteiger partial charge on any atom is 0.330 e. The van der Waals surface area contributed by atoms with Crippen molar-refractivity contribution in [1.82, 2.24) is 9.69 Å². The Bertz CT molecular complexity index is 569. The lowest BCUT2D eigenvalue weighted by Crippen LogP contribution is -2.76. The Kier molecular flexibility index (Phi) is 4.08. The van der Waals surface area contributed by atoms with Crippen molar-refractivity contribution < 1.29 is 19.4 Å². The van der Waals surface area contributed by atoms with Gasteiger partial charge in [0.25, 0.3) is 5.91 Å². The zero-order valence-electron chi connectivity index (χ0n) is 12.6. The van der Waals surface area contributed by atoms with Gasteiger partial charge >= 0.3 is 5.97 Å². The average molecular weight is 312 g/mol. The molecule has 1 aromatic heterocycles. The molecule has 1 fully saturated rings. The summed E-state index contributed by atoms with van der Waals surface area (Å²) in [6.07, 6.45) is 0.0894. The van der Waals surface area contributed by atoms with Gasteiger partial charge in [-0.1, -0.05) is 13.8 Å². The number of aliphatic carboxylic acids is 1. The summed E-state index contributed by atoms with van der Waals surface area (Å²) in [6.45, 7) is 7.74. The second-order valence-electron chi connectivity index (χ2n) is 5.85. The first-order valence-electron chi connectivity index (χ1n) is 6.84. The SMILES string of the molecule is CCOC1CC(NC(=O)c2csnc2C)(C(=O)O)C1(C)C. The van der Waals surface area contributed by atoms with Crippen molar-refractivity contribution in [3.63, 3.8) is 0 Å². The predicted octanol–water partition coefficient (Wildman–Crippen LogP) is 1.84. The third-order valence-electron chi connectivity index (χ3n) is 4.45. The van der Waals surface area contributed by atoms with Gasteiger partial charge in [0.05, 0.1) is 17.4 Å². The Morgan fingerprint density at radius 2 is 2.24 bits per heavy atom. The van der Waals surface area contributed by atoms with Gasteiger partial charge in [-0.15, -0.1) is 0 Å². The lowest BCUT2D eigenvalue weighted by Gasteiger charge is -2.58. The summed E-state index contributed by atoms with van der Waals surface area (Å²) in [6, 6.07) is 0. The molecule has 0 radical (unpaired) electrons. The van der Waals surface area contributed by atoms with E-state index >= 15 is 0 Å². The maximum absolute atomic E-state index is 12.3. The highest BCUT2D eigenvalue weighted by molar-refractivity contribution is 7.03. The third-order valence-corrected chi connectivity index (χ3v) is 5.17. The second kappa shape index (κ2) is 5.38. The summed E-state index contributed by atoms with van der Waals surface area (Å²) in [7, 11) is 0. The smallest absolute Gasteiger partial charge is 0.330 e. The number of amides is 1. The second-order valence-corrected chi connectivity index (χ2v) is 6.48. The number of carbonyl (C=O) groups is 2. The summed E-state index contributed by atoms with van der Waals surface area (Å²) in [5.41, 5.74) is -0.951. The third kappa shape index (κ3) is 2.34. The highest BCUT2D eigenvalue weighted by Crippen LogP contribution is 2.51. The lowest BCUT2D eigenvalue weighted by atomic mass is 9.54. The quantitative estimate of drug-likeness (QED) is 0.866. The molecule has 1 aliphatic rings. The Balaban J connectivity index is 2.24. The normalized spacial score (nSPS) is 27.0. The summed E-state index contributed by atoms with van der Waals surface area (Å²) in [4.78, 5) is 24.1. The Hall–Kier alpha value is -1.47. The number of aromatic nitrogens is 1. The van der Waals surface area contributed by atoms with Gasteiger partial charge in [-0.2, -0.15) is 4.37 Å². The molecule has 6 nitrogen and oxygen atoms in total. The van der Waals surface area contributed by atoms with Crippen LogP contribution in [0, 0.1) is 12.3 Å². The van der Waals surface area contributed by atoms with E-state index in [1.807, 2.05) is 20.8 Å². The van der Waals surface area contributed by atoms with Crippen LogP contribution in [0.1, 0.15) is 43.2 Å². The molecule has 2 unspecified atom stereocenters. The topological polar surface area (TPSA) is 88.5 Å². The molecule has 1 saturated carbocycles. The van der Waals surface area contributed by atoms with Crippen molar-refractivity contribution in [3.8, 4) is 0 Å². The highest BCUT2D eigenvalue weighted by Gasteiger charge is 2.66. The van der Waals surface area contributed by atoms with Crippen molar-refractivity contribution in [2.45, 2.75) is 45.8 Å². The molecule has 0 bridgehead atoms. The van der Waals surface area contributed by atoms with Crippen LogP contribution < -0.4 is 5.32 Å². The van der Waals surface area contributed by atoms with E-state index in [0.717, 1.165) is 0 Å². The van der Waals surface area contributed by atoms with E-state index in [-0.39, 0.29) is 12.5 Å². The van der Waals surface area contributed by atoms with Gasteiger partial charge < -0.3 is 15.2 Å². The molecule has 0 aliphatic heterocycles. The van der Waals surface area contributed by atoms with Gasteiger partial charge in [0.2, 0.25) is 0 Å². The van der Waals surface area contributed by atoms with E-state index in [2.05, 4.69) is 9.69 Å². The van der Waals surface area contributed by atoms with Crippen molar-refractivity contribution in [3.05, 3.63) is 16.6 Å². The molecule has 0 spiro atoms. The van der Waals surface area contributed by atoms with Crippen LogP contribution in [-0.2, 0) is 9.53 Å². The van der Waals surface area contributed by atoms with Crippen LogP contribution in [0.4, 0.5) is 0 Å². The van der Waals surface area contributed by atoms with E-state index in [9.17, 15) is 14.7 Å². The zero-order chi connectivity index (χ0) is 15.8. The van der Waals surface area contributed by atoms with Crippen LogP contribution in [0.15, 0.2) is 5.38 Å². The number of hydrogen-bond acceptors (Lipinski definition) is 5. The van der Waals surface area contributed by atoms with E-state index in [1.54, 1.807) is 12.3 Å². The molecule has 1 heterocycles. The van der Waals surface area contributed by atoms with Gasteiger partial charge in [-0.05, 0) is 25.4 Å². The highest BCUT2D eigenvalue weighted by atomic mass is 32.1. The fourth-order valence-electron chi connectivity index (χ4n) is 2.81. The van der Waals surface area contributed by atoms with Crippen molar-refractivity contribution in [2.75, 3.05) is 6.61 Å². The molecule has 1 amide bonds. The van der Waals surface area contributed by atoms with Gasteiger partial charge in [-0.3, -0.25) is 4.79 Å². The summed E-state index contributed by atoms with van der Waals surface area (Å²) in [5, 5.41) is 14.0. The van der Waals surface area contributed by atoms with Crippen LogP contribution in [0.3, 0.4) is 0 Å². The fourth-order valence-corrected chi connectivity index (χ4v) is 3.50. The lowest BCUT2D eigenvalue weighted by molar-refractivity contribution is -0.190. The molecule has 1 aromatic rings. The van der Waals surface area contributed by atoms with Crippen LogP contribution in [0.2, 0.25) is 0 Å². The summed E-state index contributed by atoms with van der Waals surface area (Å²) < 4.78 is 9.62. The van der Waals surface area contributed by atoms with Crippen LogP contribution in [0.25, 0.3) is 0 Å². The molecular weight excluding hydrogens is 292 g/mol. The molecule has 0 saturated heterocycles. The van der Waals surface area contributed by atoms with E-state index < -0.39 is 22.8 Å². The molecule has 2 atom stereocenters. The number of carboxylic acid groups (broad SMARTS) is 1. The Morgan fingerprint density at radius 3 is 2.67 bits per heavy atom. The Morgan fingerprint density at radius 1 is 1.57 bits per heavy atom. The monoisotopic (exact) mass is 312 g/mol. The number of nitrogens with zero attached hydrogens (tertiary/aromatic N) is 1. The standard InChI is InChI=1S/C14H20N2O4S/c1-5-20-10-6-14(12(18)19,13(10,3)4)15-11(17)9-7-21-16-8(9)2/h7,10H,5-6H2,1-4H3,(H,15,17)(H,18,19). The van der Waals surface area contributed by atoms with E-state index in [1.165, 1.54) is 11.5 Å². The molecule has 21 heavy (non-hydrogen) atoms. The minimum Gasteiger partial charge on any atom is -0.479 e. The number of ether oxygens (including phenoxy) is 1. The number of hydrogen-bond donors (Lipinski definition) is 2. The van der Waals surface area contributed by atoms with Gasteiger partial charge in [0.15, 0.2) is 0 Å². The average Bonchev–Trinajstić information content (AvgIpc) is 2.83. The maximum atomic E-state index is 12.3. The molecule has 2 N–H and O–H groups in total. The molecule has 2 rings (SSSR count). The minimum absolute atomic E-state index is 0.180. The zero-order valence-corrected chi connectivity index (χ0v) is 13.4. The van der Waals surface area contributed by atoms with Crippen molar-refractivity contribution >= 4 is 23.4 Å². The first kappa shape index (κ1) is 15.9.